The van der Waals surface area contributed by atoms with Gasteiger partial charge in [0.1, 0.15) is 18.2 Å². The highest BCUT2D eigenvalue weighted by atomic mass is 19.4. The van der Waals surface area contributed by atoms with E-state index in [9.17, 15) is 36.2 Å². The summed E-state index contributed by atoms with van der Waals surface area (Å²) in [5, 5.41) is 9.47. The summed E-state index contributed by atoms with van der Waals surface area (Å²) in [5.74, 6) is -5.51. The molecule has 2 aliphatic rings. The number of carbonyl (C=O) groups is 1. The first-order chi connectivity index (χ1) is 20.5. The summed E-state index contributed by atoms with van der Waals surface area (Å²) >= 11 is 0. The van der Waals surface area contributed by atoms with Crippen molar-refractivity contribution >= 4 is 17.0 Å². The van der Waals surface area contributed by atoms with Crippen molar-refractivity contribution < 1.29 is 45.7 Å². The minimum atomic E-state index is -4.75. The van der Waals surface area contributed by atoms with Gasteiger partial charge in [-0.05, 0) is 72.0 Å². The van der Waals surface area contributed by atoms with Crippen LogP contribution in [0.3, 0.4) is 0 Å². The molecule has 0 bridgehead atoms. The van der Waals surface area contributed by atoms with E-state index in [0.29, 0.717) is 72.8 Å². The first-order valence-electron chi connectivity index (χ1n) is 13.5. The number of ether oxygens (including phenoxy) is 2. The summed E-state index contributed by atoms with van der Waals surface area (Å²) in [7, 11) is 0. The minimum Gasteiger partial charge on any atom is -0.488 e. The molecule has 7 nitrogen and oxygen atoms in total. The summed E-state index contributed by atoms with van der Waals surface area (Å²) in [6, 6.07) is 8.36. The number of carboxylic acids is 1. The van der Waals surface area contributed by atoms with E-state index in [4.69, 9.17) is 14.5 Å². The van der Waals surface area contributed by atoms with E-state index in [1.807, 2.05) is 9.47 Å². The van der Waals surface area contributed by atoms with Crippen molar-refractivity contribution in [1.29, 1.82) is 0 Å². The minimum absolute atomic E-state index is 0.0322. The maximum absolute atomic E-state index is 13.9. The fraction of sp³-hybridized carbons (Fsp3) is 0.333. The van der Waals surface area contributed by atoms with Crippen LogP contribution in [-0.2, 0) is 43.6 Å². The van der Waals surface area contributed by atoms with Crippen LogP contribution in [-0.4, -0.2) is 44.8 Å². The number of rotatable bonds is 8. The van der Waals surface area contributed by atoms with Gasteiger partial charge in [-0.15, -0.1) is 0 Å². The average molecular weight is 606 g/mol. The Bertz CT molecular complexity index is 1690. The monoisotopic (exact) mass is 605 g/mol. The van der Waals surface area contributed by atoms with E-state index < -0.39 is 47.5 Å². The number of carboxylic acid groups (broad SMARTS) is 1. The molecule has 43 heavy (non-hydrogen) atoms. The molecule has 13 heteroatoms. The zero-order valence-corrected chi connectivity index (χ0v) is 22.6. The summed E-state index contributed by atoms with van der Waals surface area (Å²) in [4.78, 5) is 18.3. The second kappa shape index (κ2) is 11.2. The van der Waals surface area contributed by atoms with Crippen molar-refractivity contribution in [3.63, 3.8) is 0 Å². The lowest BCUT2D eigenvalue weighted by molar-refractivity contribution is -0.139. The quantitative estimate of drug-likeness (QED) is 0.193. The largest absolute Gasteiger partial charge is 0.488 e. The first kappa shape index (κ1) is 29.0. The molecule has 0 spiro atoms. The maximum Gasteiger partial charge on any atom is 0.419 e. The summed E-state index contributed by atoms with van der Waals surface area (Å²) in [5.41, 5.74) is 1.31. The topological polar surface area (TPSA) is 76.8 Å². The van der Waals surface area contributed by atoms with E-state index in [2.05, 4.69) is 0 Å². The molecule has 0 aliphatic carbocycles. The number of hydrogen-bond donors (Lipinski definition) is 1. The third kappa shape index (κ3) is 5.91. The number of benzene rings is 3. The number of halogens is 6. The van der Waals surface area contributed by atoms with Crippen molar-refractivity contribution in [2.24, 2.45) is 0 Å². The second-order valence-corrected chi connectivity index (χ2v) is 10.7. The molecule has 6 rings (SSSR count). The van der Waals surface area contributed by atoms with Crippen LogP contribution in [0.15, 0.2) is 42.5 Å². The highest BCUT2D eigenvalue weighted by Crippen LogP contribution is 2.40. The van der Waals surface area contributed by atoms with Gasteiger partial charge < -0.3 is 19.1 Å². The lowest BCUT2D eigenvalue weighted by atomic mass is 9.96. The highest BCUT2D eigenvalue weighted by Gasteiger charge is 2.36. The molecule has 1 N–H and O–H groups in total. The Morgan fingerprint density at radius 2 is 1.81 bits per heavy atom. The van der Waals surface area contributed by atoms with Crippen molar-refractivity contribution in [2.75, 3.05) is 13.2 Å². The zero-order valence-electron chi connectivity index (χ0n) is 22.6. The first-order valence-corrected chi connectivity index (χ1v) is 13.5. The van der Waals surface area contributed by atoms with E-state index in [0.717, 1.165) is 12.5 Å². The molecular weight excluding hydrogens is 580 g/mol. The summed E-state index contributed by atoms with van der Waals surface area (Å²) in [6.07, 6.45) is -3.60. The van der Waals surface area contributed by atoms with Crippen LogP contribution in [0.5, 0.6) is 5.75 Å². The highest BCUT2D eigenvalue weighted by molar-refractivity contribution is 5.92. The Labute approximate surface area is 241 Å². The van der Waals surface area contributed by atoms with E-state index in [-0.39, 0.29) is 23.8 Å². The molecule has 2 aliphatic heterocycles. The molecule has 3 aromatic carbocycles. The molecule has 0 amide bonds. The number of hydrogen-bond acceptors (Lipinski definition) is 5. The molecule has 1 fully saturated rings. The Balaban J connectivity index is 1.27. The third-order valence-electron chi connectivity index (χ3n) is 7.76. The van der Waals surface area contributed by atoms with Gasteiger partial charge in [-0.2, -0.15) is 13.2 Å². The van der Waals surface area contributed by atoms with Gasteiger partial charge in [0.2, 0.25) is 0 Å². The van der Waals surface area contributed by atoms with Crippen molar-refractivity contribution in [2.45, 2.75) is 51.4 Å². The number of imidazole rings is 1. The van der Waals surface area contributed by atoms with Crippen molar-refractivity contribution in [3.8, 4) is 5.75 Å². The SMILES string of the molecule is O=C(O)c1ccc2nc(CN3CCc4cc(C(F)(F)F)c(OCc5cc(F)c(F)c(F)c5)cc4C3)n(C[C@@H]3CCO3)c2c1. The predicted molar refractivity (Wildman–Crippen MR) is 141 cm³/mol. The second-order valence-electron chi connectivity index (χ2n) is 10.7. The van der Waals surface area contributed by atoms with Gasteiger partial charge in [0.25, 0.3) is 0 Å². The smallest absolute Gasteiger partial charge is 0.419 e. The van der Waals surface area contributed by atoms with Gasteiger partial charge >= 0.3 is 12.1 Å². The van der Waals surface area contributed by atoms with Crippen LogP contribution in [0.4, 0.5) is 26.3 Å². The molecule has 0 radical (unpaired) electrons. The van der Waals surface area contributed by atoms with Gasteiger partial charge in [0, 0.05) is 19.7 Å². The Morgan fingerprint density at radius 3 is 2.47 bits per heavy atom. The van der Waals surface area contributed by atoms with Crippen LogP contribution in [0, 0.1) is 17.5 Å². The number of fused-ring (bicyclic) bond motifs is 2. The van der Waals surface area contributed by atoms with Crippen LogP contribution in [0.2, 0.25) is 0 Å². The Hall–Kier alpha value is -4.10. The Kier molecular flexibility index (Phi) is 7.55. The fourth-order valence-electron chi connectivity index (χ4n) is 5.44. The summed E-state index contributed by atoms with van der Waals surface area (Å²) in [6.45, 7) is 1.58. The third-order valence-corrected chi connectivity index (χ3v) is 7.76. The van der Waals surface area contributed by atoms with Gasteiger partial charge in [0.15, 0.2) is 17.5 Å². The molecule has 1 aromatic heterocycles. The standard InChI is InChI=1S/C30H25F6N3O4/c31-22-7-16(8-23(32)28(22)33)15-43-26-11-19-12-38(5-3-17(19)9-21(26)30(34,35)36)14-27-37-24-2-1-18(29(40)41)10-25(24)39(27)13-20-4-6-42-20/h1-2,7-11,20H,3-6,12-15H2,(H,40,41)/t20-/m0/s1. The van der Waals surface area contributed by atoms with Crippen LogP contribution < -0.4 is 4.74 Å². The zero-order chi connectivity index (χ0) is 30.5. The van der Waals surface area contributed by atoms with Gasteiger partial charge in [-0.25, -0.2) is 22.9 Å². The Morgan fingerprint density at radius 1 is 1.07 bits per heavy atom. The van der Waals surface area contributed by atoms with Gasteiger partial charge in [-0.3, -0.25) is 4.90 Å². The molecular formula is C30H25F6N3O4. The van der Waals surface area contributed by atoms with Crippen LogP contribution in [0.25, 0.3) is 11.0 Å². The van der Waals surface area contributed by atoms with E-state index >= 15 is 0 Å². The molecule has 4 aromatic rings. The molecule has 3 heterocycles. The normalized spacial score (nSPS) is 17.1. The maximum atomic E-state index is 13.9. The average Bonchev–Trinajstić information content (AvgIpc) is 3.27. The number of nitrogens with zero attached hydrogens (tertiary/aromatic N) is 3. The van der Waals surface area contributed by atoms with Crippen LogP contribution >= 0.6 is 0 Å². The van der Waals surface area contributed by atoms with E-state index in [1.54, 1.807) is 12.1 Å². The fourth-order valence-corrected chi connectivity index (χ4v) is 5.44. The number of aromatic carboxylic acids is 1. The molecule has 226 valence electrons. The number of alkyl halides is 3. The van der Waals surface area contributed by atoms with Crippen molar-refractivity contribution in [1.82, 2.24) is 14.5 Å². The molecule has 0 saturated carbocycles. The van der Waals surface area contributed by atoms with Gasteiger partial charge in [-0.1, -0.05) is 0 Å². The lowest BCUT2D eigenvalue weighted by Gasteiger charge is -2.31. The molecule has 1 atom stereocenters. The molecule has 1 saturated heterocycles. The lowest BCUT2D eigenvalue weighted by Crippen LogP contribution is -2.34. The van der Waals surface area contributed by atoms with Gasteiger partial charge in [0.05, 0.1) is 41.4 Å². The number of aromatic nitrogens is 2. The van der Waals surface area contributed by atoms with E-state index in [1.165, 1.54) is 12.1 Å². The summed E-state index contributed by atoms with van der Waals surface area (Å²) < 4.78 is 95.3. The predicted octanol–water partition coefficient (Wildman–Crippen LogP) is 6.10. The molecule has 0 unspecified atom stereocenters. The van der Waals surface area contributed by atoms with Crippen LogP contribution in [0.1, 0.15) is 44.9 Å². The van der Waals surface area contributed by atoms with Crippen molar-refractivity contribution in [3.05, 3.63) is 93.6 Å².